The van der Waals surface area contributed by atoms with E-state index in [4.69, 9.17) is 11.6 Å². The molecule has 0 aliphatic rings. The second-order valence-electron chi connectivity index (χ2n) is 9.31. The van der Waals surface area contributed by atoms with Crippen molar-refractivity contribution in [3.63, 3.8) is 0 Å². The number of anilines is 1. The number of halogens is 1. The number of rotatable bonds is 10. The van der Waals surface area contributed by atoms with Crippen LogP contribution in [0.4, 0.5) is 5.69 Å². The van der Waals surface area contributed by atoms with Gasteiger partial charge in [-0.1, -0.05) is 47.5 Å². The van der Waals surface area contributed by atoms with Gasteiger partial charge < -0.3 is 10.2 Å². The van der Waals surface area contributed by atoms with Gasteiger partial charge in [0.25, 0.3) is 10.0 Å². The van der Waals surface area contributed by atoms with Crippen LogP contribution in [0.1, 0.15) is 36.1 Å². The van der Waals surface area contributed by atoms with Crippen molar-refractivity contribution in [3.8, 4) is 0 Å². The zero-order valence-electron chi connectivity index (χ0n) is 22.4. The van der Waals surface area contributed by atoms with E-state index in [-0.39, 0.29) is 17.3 Å². The number of hydrogen-bond donors (Lipinski definition) is 1. The summed E-state index contributed by atoms with van der Waals surface area (Å²) in [5.41, 5.74) is 4.14. The standard InChI is InChI=1S/C29H34ClN3O4S/c1-6-31-29(35)23(5)32(18-24-10-7-20(2)8-11-24)28(34)19-33(26-14-9-21(3)22(4)17-26)38(36,37)27-15-12-25(30)13-16-27/h7-17,23H,6,18-19H2,1-5H3,(H,31,35)/t23-/m0/s1. The average Bonchev–Trinajstić information content (AvgIpc) is 2.88. The fourth-order valence-electron chi connectivity index (χ4n) is 3.94. The monoisotopic (exact) mass is 555 g/mol. The van der Waals surface area contributed by atoms with E-state index >= 15 is 0 Å². The summed E-state index contributed by atoms with van der Waals surface area (Å²) >= 11 is 5.99. The molecule has 3 aromatic rings. The van der Waals surface area contributed by atoms with E-state index in [1.165, 1.54) is 29.2 Å². The zero-order chi connectivity index (χ0) is 28.0. The molecule has 0 aliphatic heterocycles. The van der Waals surface area contributed by atoms with Gasteiger partial charge in [0.2, 0.25) is 11.8 Å². The SMILES string of the molecule is CCNC(=O)[C@H](C)N(Cc1ccc(C)cc1)C(=O)CN(c1ccc(C)c(C)c1)S(=O)(=O)c1ccc(Cl)cc1. The molecule has 0 heterocycles. The lowest BCUT2D eigenvalue weighted by Gasteiger charge is -2.32. The van der Waals surface area contributed by atoms with Gasteiger partial charge in [-0.3, -0.25) is 13.9 Å². The fourth-order valence-corrected chi connectivity index (χ4v) is 5.47. The zero-order valence-corrected chi connectivity index (χ0v) is 23.9. The molecular formula is C29H34ClN3O4S. The molecular weight excluding hydrogens is 522 g/mol. The maximum atomic E-state index is 13.9. The number of nitrogens with one attached hydrogen (secondary N) is 1. The number of carbonyl (C=O) groups excluding carboxylic acids is 2. The van der Waals surface area contributed by atoms with Gasteiger partial charge in [-0.25, -0.2) is 8.42 Å². The van der Waals surface area contributed by atoms with E-state index in [1.54, 1.807) is 26.0 Å². The molecule has 9 heteroatoms. The first-order valence-corrected chi connectivity index (χ1v) is 14.2. The van der Waals surface area contributed by atoms with Gasteiger partial charge in [-0.15, -0.1) is 0 Å². The van der Waals surface area contributed by atoms with Crippen LogP contribution in [0.3, 0.4) is 0 Å². The van der Waals surface area contributed by atoms with Crippen molar-refractivity contribution in [2.24, 2.45) is 0 Å². The van der Waals surface area contributed by atoms with Crippen LogP contribution >= 0.6 is 11.6 Å². The molecule has 0 saturated carbocycles. The van der Waals surface area contributed by atoms with Crippen molar-refractivity contribution in [3.05, 3.63) is 94.0 Å². The normalized spacial score (nSPS) is 12.1. The highest BCUT2D eigenvalue weighted by atomic mass is 35.5. The molecule has 202 valence electrons. The number of amides is 2. The van der Waals surface area contributed by atoms with E-state index in [0.717, 1.165) is 26.6 Å². The number of benzene rings is 3. The molecule has 0 radical (unpaired) electrons. The lowest BCUT2D eigenvalue weighted by Crippen LogP contribution is -2.51. The Labute approximate surface area is 230 Å². The van der Waals surface area contributed by atoms with E-state index in [2.05, 4.69) is 5.32 Å². The molecule has 7 nitrogen and oxygen atoms in total. The third-order valence-electron chi connectivity index (χ3n) is 6.45. The largest absolute Gasteiger partial charge is 0.355 e. The molecule has 0 fully saturated rings. The molecule has 0 spiro atoms. The molecule has 1 atom stereocenters. The summed E-state index contributed by atoms with van der Waals surface area (Å²) in [6.45, 7) is 9.31. The molecule has 3 rings (SSSR count). The number of nitrogens with zero attached hydrogens (tertiary/aromatic N) is 2. The Hall–Kier alpha value is -3.36. The molecule has 0 saturated heterocycles. The fraction of sp³-hybridized carbons (Fsp3) is 0.310. The highest BCUT2D eigenvalue weighted by molar-refractivity contribution is 7.92. The smallest absolute Gasteiger partial charge is 0.264 e. The predicted molar refractivity (Wildman–Crippen MR) is 152 cm³/mol. The van der Waals surface area contributed by atoms with Crippen LogP contribution in [0.5, 0.6) is 0 Å². The first kappa shape index (κ1) is 29.2. The van der Waals surface area contributed by atoms with Gasteiger partial charge in [-0.05, 0) is 87.7 Å². The van der Waals surface area contributed by atoms with Crippen molar-refractivity contribution in [1.29, 1.82) is 0 Å². The minimum atomic E-state index is -4.14. The Morgan fingerprint density at radius 2 is 1.55 bits per heavy atom. The number of sulfonamides is 1. The Bertz CT molecular complexity index is 1390. The van der Waals surface area contributed by atoms with Crippen molar-refractivity contribution in [2.45, 2.75) is 52.1 Å². The highest BCUT2D eigenvalue weighted by Gasteiger charge is 2.32. The van der Waals surface area contributed by atoms with Gasteiger partial charge in [0, 0.05) is 18.1 Å². The highest BCUT2D eigenvalue weighted by Crippen LogP contribution is 2.27. The molecule has 0 unspecified atom stereocenters. The van der Waals surface area contributed by atoms with Gasteiger partial charge in [0.1, 0.15) is 12.6 Å². The number of hydrogen-bond acceptors (Lipinski definition) is 4. The third kappa shape index (κ3) is 6.94. The van der Waals surface area contributed by atoms with Crippen LogP contribution in [0.25, 0.3) is 0 Å². The number of aryl methyl sites for hydroxylation is 3. The quantitative estimate of drug-likeness (QED) is 0.381. The topological polar surface area (TPSA) is 86.8 Å². The molecule has 2 amide bonds. The van der Waals surface area contributed by atoms with Gasteiger partial charge in [0.15, 0.2) is 0 Å². The van der Waals surface area contributed by atoms with Crippen LogP contribution in [0, 0.1) is 20.8 Å². The van der Waals surface area contributed by atoms with Gasteiger partial charge >= 0.3 is 0 Å². The number of carbonyl (C=O) groups is 2. The van der Waals surface area contributed by atoms with Gasteiger partial charge in [0.05, 0.1) is 10.6 Å². The second kappa shape index (κ2) is 12.5. The second-order valence-corrected chi connectivity index (χ2v) is 11.6. The summed E-state index contributed by atoms with van der Waals surface area (Å²) in [5, 5.41) is 3.16. The van der Waals surface area contributed by atoms with Crippen molar-refractivity contribution < 1.29 is 18.0 Å². The Morgan fingerprint density at radius 3 is 2.13 bits per heavy atom. The maximum absolute atomic E-state index is 13.9. The van der Waals surface area contributed by atoms with Gasteiger partial charge in [-0.2, -0.15) is 0 Å². The summed E-state index contributed by atoms with van der Waals surface area (Å²) in [5.74, 6) is -0.814. The summed E-state index contributed by atoms with van der Waals surface area (Å²) in [6, 6.07) is 17.9. The van der Waals surface area contributed by atoms with E-state index in [0.29, 0.717) is 17.3 Å². The maximum Gasteiger partial charge on any atom is 0.264 e. The van der Waals surface area contributed by atoms with E-state index in [1.807, 2.05) is 51.1 Å². The summed E-state index contributed by atoms with van der Waals surface area (Å²) in [7, 11) is -4.14. The first-order chi connectivity index (χ1) is 17.9. The predicted octanol–water partition coefficient (Wildman–Crippen LogP) is 5.01. The van der Waals surface area contributed by atoms with Crippen LogP contribution in [0.2, 0.25) is 5.02 Å². The molecule has 0 aromatic heterocycles. The molecule has 3 aromatic carbocycles. The third-order valence-corrected chi connectivity index (χ3v) is 8.49. The summed E-state index contributed by atoms with van der Waals surface area (Å²) < 4.78 is 28.8. The lowest BCUT2D eigenvalue weighted by atomic mass is 10.1. The van der Waals surface area contributed by atoms with Crippen LogP contribution < -0.4 is 9.62 Å². The Kier molecular flexibility index (Phi) is 9.57. The van der Waals surface area contributed by atoms with E-state index < -0.39 is 28.5 Å². The Morgan fingerprint density at radius 1 is 0.921 bits per heavy atom. The first-order valence-electron chi connectivity index (χ1n) is 12.4. The summed E-state index contributed by atoms with van der Waals surface area (Å²) in [6.07, 6.45) is 0. The average molecular weight is 556 g/mol. The molecule has 0 aliphatic carbocycles. The van der Waals surface area contributed by atoms with Crippen molar-refractivity contribution in [2.75, 3.05) is 17.4 Å². The van der Waals surface area contributed by atoms with Crippen LogP contribution in [-0.2, 0) is 26.2 Å². The molecule has 0 bridgehead atoms. The van der Waals surface area contributed by atoms with Crippen LogP contribution in [0.15, 0.2) is 71.6 Å². The minimum absolute atomic E-state index is 0.00906. The van der Waals surface area contributed by atoms with E-state index in [9.17, 15) is 18.0 Å². The number of likely N-dealkylation sites (N-methyl/N-ethyl adjacent to an activating group) is 1. The Balaban J connectivity index is 2.05. The summed E-state index contributed by atoms with van der Waals surface area (Å²) in [4.78, 5) is 28.1. The van der Waals surface area contributed by atoms with Crippen molar-refractivity contribution in [1.82, 2.24) is 10.2 Å². The lowest BCUT2D eigenvalue weighted by molar-refractivity contribution is -0.139. The minimum Gasteiger partial charge on any atom is -0.355 e. The van der Waals surface area contributed by atoms with Crippen molar-refractivity contribution >= 4 is 39.1 Å². The van der Waals surface area contributed by atoms with Crippen LogP contribution in [-0.4, -0.2) is 44.3 Å². The molecule has 1 N–H and O–H groups in total. The molecule has 38 heavy (non-hydrogen) atoms.